The molecule has 32 heavy (non-hydrogen) atoms. The van der Waals surface area contributed by atoms with Crippen LogP contribution in [0.4, 0.5) is 4.79 Å². The van der Waals surface area contributed by atoms with E-state index in [2.05, 4.69) is 5.32 Å². The van der Waals surface area contributed by atoms with Crippen LogP contribution in [0, 0.1) is 0 Å². The second-order valence-corrected chi connectivity index (χ2v) is 9.67. The molecule has 2 unspecified atom stereocenters. The van der Waals surface area contributed by atoms with Crippen LogP contribution in [0.15, 0.2) is 30.3 Å². The SMILES string of the molecule is CCCC[C@@H](NC(=O)OCc1ccccc1)P(=O)(O)OC(C)C(=O)N1CCC[C@H]1C(=O)O. The number of benzene rings is 1. The maximum absolute atomic E-state index is 13.0. The summed E-state index contributed by atoms with van der Waals surface area (Å²) in [5, 5.41) is 11.6. The zero-order valence-corrected chi connectivity index (χ0v) is 19.2. The van der Waals surface area contributed by atoms with Crippen LogP contribution in [-0.4, -0.2) is 57.3 Å². The van der Waals surface area contributed by atoms with E-state index in [1.807, 2.05) is 13.0 Å². The van der Waals surface area contributed by atoms with Gasteiger partial charge >= 0.3 is 19.7 Å². The van der Waals surface area contributed by atoms with Crippen LogP contribution in [-0.2, 0) is 30.0 Å². The van der Waals surface area contributed by atoms with Gasteiger partial charge in [-0.3, -0.25) is 13.9 Å². The molecular formula is C21H31N2O8P. The van der Waals surface area contributed by atoms with Gasteiger partial charge in [0.1, 0.15) is 24.5 Å². The summed E-state index contributed by atoms with van der Waals surface area (Å²) < 4.78 is 23.3. The van der Waals surface area contributed by atoms with E-state index in [9.17, 15) is 28.9 Å². The van der Waals surface area contributed by atoms with Gasteiger partial charge in [0.2, 0.25) is 0 Å². The lowest BCUT2D eigenvalue weighted by atomic mass is 10.2. The van der Waals surface area contributed by atoms with Crippen molar-refractivity contribution in [3.8, 4) is 0 Å². The van der Waals surface area contributed by atoms with Gasteiger partial charge in [-0.05, 0) is 31.7 Å². The van der Waals surface area contributed by atoms with Crippen molar-refractivity contribution in [3.05, 3.63) is 35.9 Å². The van der Waals surface area contributed by atoms with Gasteiger partial charge in [0.05, 0.1) is 0 Å². The van der Waals surface area contributed by atoms with Crippen molar-refractivity contribution >= 4 is 25.6 Å². The van der Waals surface area contributed by atoms with Crippen molar-refractivity contribution in [1.29, 1.82) is 0 Å². The molecule has 0 saturated carbocycles. The maximum atomic E-state index is 13.0. The van der Waals surface area contributed by atoms with Crippen molar-refractivity contribution in [2.75, 3.05) is 6.54 Å². The van der Waals surface area contributed by atoms with Crippen LogP contribution in [0.3, 0.4) is 0 Å². The lowest BCUT2D eigenvalue weighted by Gasteiger charge is -2.29. The summed E-state index contributed by atoms with van der Waals surface area (Å²) in [4.78, 5) is 47.9. The molecule has 10 nitrogen and oxygen atoms in total. The summed E-state index contributed by atoms with van der Waals surface area (Å²) in [7, 11) is -4.48. The number of aliphatic carboxylic acids is 1. The molecule has 3 N–H and O–H groups in total. The zero-order chi connectivity index (χ0) is 23.7. The Kier molecular flexibility index (Phi) is 9.68. The highest BCUT2D eigenvalue weighted by atomic mass is 31.2. The molecule has 1 saturated heterocycles. The minimum atomic E-state index is -4.48. The second kappa shape index (κ2) is 12.0. The number of nitrogens with zero attached hydrogens (tertiary/aromatic N) is 1. The monoisotopic (exact) mass is 470 g/mol. The summed E-state index contributed by atoms with van der Waals surface area (Å²) in [6, 6.07) is 7.99. The van der Waals surface area contributed by atoms with E-state index in [1.54, 1.807) is 24.3 Å². The molecular weight excluding hydrogens is 439 g/mol. The fraction of sp³-hybridized carbons (Fsp3) is 0.571. The van der Waals surface area contributed by atoms with Gasteiger partial charge in [0, 0.05) is 6.54 Å². The van der Waals surface area contributed by atoms with E-state index in [-0.39, 0.29) is 19.6 Å². The Bertz CT molecular complexity index is 834. The predicted octanol–water partition coefficient (Wildman–Crippen LogP) is 3.10. The Morgan fingerprint density at radius 3 is 2.59 bits per heavy atom. The number of rotatable bonds is 11. The van der Waals surface area contributed by atoms with Crippen LogP contribution < -0.4 is 5.32 Å². The second-order valence-electron chi connectivity index (χ2n) is 7.70. The van der Waals surface area contributed by atoms with Gasteiger partial charge in [-0.2, -0.15) is 0 Å². The van der Waals surface area contributed by atoms with Crippen molar-refractivity contribution in [3.63, 3.8) is 0 Å². The number of carbonyl (C=O) groups is 3. The van der Waals surface area contributed by atoms with Crippen LogP contribution >= 0.6 is 7.60 Å². The molecule has 1 aromatic rings. The average Bonchev–Trinajstić information content (AvgIpc) is 3.25. The van der Waals surface area contributed by atoms with Crippen molar-refractivity contribution in [2.45, 2.75) is 70.5 Å². The van der Waals surface area contributed by atoms with Crippen molar-refractivity contribution < 1.29 is 38.2 Å². The normalized spacial score (nSPS) is 19.6. The first-order chi connectivity index (χ1) is 15.2. The smallest absolute Gasteiger partial charge is 0.408 e. The number of unbranched alkanes of at least 4 members (excludes halogenated alkanes) is 1. The molecule has 1 heterocycles. The summed E-state index contributed by atoms with van der Waals surface area (Å²) in [6.07, 6.45) is 0.00729. The van der Waals surface area contributed by atoms with Gasteiger partial charge in [0.15, 0.2) is 0 Å². The number of amides is 2. The molecule has 2 rings (SSSR count). The van der Waals surface area contributed by atoms with Gasteiger partial charge in [-0.1, -0.05) is 50.1 Å². The number of carboxylic acid groups (broad SMARTS) is 1. The van der Waals surface area contributed by atoms with E-state index in [0.717, 1.165) is 10.5 Å². The summed E-state index contributed by atoms with van der Waals surface area (Å²) in [5.74, 6) is -3.07. The summed E-state index contributed by atoms with van der Waals surface area (Å²) >= 11 is 0. The molecule has 1 aromatic carbocycles. The van der Waals surface area contributed by atoms with Crippen LogP contribution in [0.5, 0.6) is 0 Å². The molecule has 0 spiro atoms. The fourth-order valence-corrected chi connectivity index (χ4v) is 4.95. The Morgan fingerprint density at radius 1 is 1.28 bits per heavy atom. The molecule has 0 bridgehead atoms. The minimum absolute atomic E-state index is 0.00974. The third-order valence-electron chi connectivity index (χ3n) is 5.20. The van der Waals surface area contributed by atoms with E-state index < -0.39 is 43.5 Å². The molecule has 178 valence electrons. The zero-order valence-electron chi connectivity index (χ0n) is 18.3. The number of carbonyl (C=O) groups excluding carboxylic acids is 2. The third kappa shape index (κ3) is 7.32. The molecule has 1 aliphatic heterocycles. The van der Waals surface area contributed by atoms with Crippen LogP contribution in [0.1, 0.15) is 51.5 Å². The number of carboxylic acids is 1. The van der Waals surface area contributed by atoms with E-state index in [0.29, 0.717) is 25.7 Å². The molecule has 0 aromatic heterocycles. The molecule has 0 radical (unpaired) electrons. The van der Waals surface area contributed by atoms with Crippen LogP contribution in [0.2, 0.25) is 0 Å². The van der Waals surface area contributed by atoms with E-state index in [4.69, 9.17) is 9.26 Å². The lowest BCUT2D eigenvalue weighted by Crippen LogP contribution is -2.45. The average molecular weight is 470 g/mol. The van der Waals surface area contributed by atoms with Gasteiger partial charge in [0.25, 0.3) is 5.91 Å². The topological polar surface area (TPSA) is 142 Å². The first kappa shape index (κ1) is 25.8. The lowest BCUT2D eigenvalue weighted by molar-refractivity contribution is -0.151. The van der Waals surface area contributed by atoms with Crippen LogP contribution in [0.25, 0.3) is 0 Å². The molecule has 11 heteroatoms. The molecule has 1 fully saturated rings. The third-order valence-corrected chi connectivity index (χ3v) is 6.99. The minimum Gasteiger partial charge on any atom is -0.480 e. The maximum Gasteiger partial charge on any atom is 0.408 e. The molecule has 4 atom stereocenters. The van der Waals surface area contributed by atoms with Crippen molar-refractivity contribution in [2.24, 2.45) is 0 Å². The summed E-state index contributed by atoms with van der Waals surface area (Å²) in [6.45, 7) is 3.42. The number of nitrogens with one attached hydrogen (secondary N) is 1. The number of ether oxygens (including phenoxy) is 1. The number of hydrogen-bond acceptors (Lipinski definition) is 6. The Morgan fingerprint density at radius 2 is 1.97 bits per heavy atom. The number of alkyl carbamates (subject to hydrolysis) is 1. The molecule has 0 aliphatic carbocycles. The standard InChI is InChI=1S/C21H31N2O8P/c1-3-4-12-18(22-21(27)30-14-16-9-6-5-7-10-16)32(28,29)31-15(2)19(24)23-13-8-11-17(23)20(25)26/h5-7,9-10,15,17-18H,3-4,8,11-14H2,1-2H3,(H,22,27)(H,25,26)(H,28,29)/t15?,17-,18-/m0/s1. The summed E-state index contributed by atoms with van der Waals surface area (Å²) in [5.41, 5.74) is 0.758. The Labute approximate surface area is 187 Å². The predicted molar refractivity (Wildman–Crippen MR) is 116 cm³/mol. The first-order valence-corrected chi connectivity index (χ1v) is 12.3. The number of hydrogen-bond donors (Lipinski definition) is 3. The largest absolute Gasteiger partial charge is 0.480 e. The van der Waals surface area contributed by atoms with Gasteiger partial charge < -0.3 is 25.0 Å². The highest BCUT2D eigenvalue weighted by Gasteiger charge is 2.41. The number of likely N-dealkylation sites (tertiary alicyclic amines) is 1. The quantitative estimate of drug-likeness (QED) is 0.419. The van der Waals surface area contributed by atoms with Crippen molar-refractivity contribution in [1.82, 2.24) is 10.2 Å². The molecule has 1 aliphatic rings. The molecule has 2 amide bonds. The highest BCUT2D eigenvalue weighted by Crippen LogP contribution is 2.49. The van der Waals surface area contributed by atoms with E-state index >= 15 is 0 Å². The fourth-order valence-electron chi connectivity index (χ4n) is 3.48. The first-order valence-electron chi connectivity index (χ1n) is 10.7. The van der Waals surface area contributed by atoms with E-state index in [1.165, 1.54) is 6.92 Å². The Hall–Kier alpha value is -2.42. The Balaban J connectivity index is 2.01. The highest BCUT2D eigenvalue weighted by molar-refractivity contribution is 7.53. The van der Waals surface area contributed by atoms with Gasteiger partial charge in [-0.25, -0.2) is 9.59 Å². The van der Waals surface area contributed by atoms with Gasteiger partial charge in [-0.15, -0.1) is 0 Å².